The second kappa shape index (κ2) is 4.66. The monoisotopic (exact) mass is 240 g/mol. The van der Waals surface area contributed by atoms with E-state index in [0.717, 1.165) is 0 Å². The summed E-state index contributed by atoms with van der Waals surface area (Å²) in [6, 6.07) is 2.77. The Labute approximate surface area is 99.0 Å². The molecule has 4 heteroatoms. The highest BCUT2D eigenvalue weighted by atomic mass is 35.5. The number of benzene rings is 1. The van der Waals surface area contributed by atoms with Gasteiger partial charge in [0.05, 0.1) is 5.02 Å². The average Bonchev–Trinajstić information content (AvgIpc) is 2.22. The Bertz CT molecular complexity index is 427. The van der Waals surface area contributed by atoms with Crippen molar-refractivity contribution < 1.29 is 14.7 Å². The van der Waals surface area contributed by atoms with Crippen LogP contribution in [0.2, 0.25) is 5.02 Å². The number of halogens is 1. The van der Waals surface area contributed by atoms with Crippen molar-refractivity contribution >= 4 is 23.2 Å². The number of rotatable bonds is 3. The Hall–Kier alpha value is -1.35. The fraction of sp³-hybridized carbons (Fsp3) is 0.333. The van der Waals surface area contributed by atoms with Crippen molar-refractivity contribution in [2.45, 2.75) is 20.8 Å². The largest absolute Gasteiger partial charge is 0.506 e. The summed E-state index contributed by atoms with van der Waals surface area (Å²) in [5.74, 6) is -1.43. The minimum absolute atomic E-state index is 0.0600. The van der Waals surface area contributed by atoms with Crippen LogP contribution < -0.4 is 0 Å². The third kappa shape index (κ3) is 2.42. The number of carbonyl (C=O) groups is 2. The van der Waals surface area contributed by atoms with Crippen LogP contribution in [0.3, 0.4) is 0 Å². The van der Waals surface area contributed by atoms with E-state index in [9.17, 15) is 14.7 Å². The number of aromatic hydroxyl groups is 1. The van der Waals surface area contributed by atoms with E-state index in [2.05, 4.69) is 0 Å². The van der Waals surface area contributed by atoms with Crippen molar-refractivity contribution in [2.75, 3.05) is 0 Å². The molecule has 86 valence electrons. The van der Waals surface area contributed by atoms with Crippen molar-refractivity contribution in [3.05, 3.63) is 28.3 Å². The molecule has 0 aliphatic carbocycles. The summed E-state index contributed by atoms with van der Waals surface area (Å²) < 4.78 is 0. The molecular formula is C12H13ClO3. The number of phenols is 1. The average molecular weight is 241 g/mol. The molecule has 0 aliphatic rings. The van der Waals surface area contributed by atoms with E-state index >= 15 is 0 Å². The molecule has 0 aliphatic heterocycles. The van der Waals surface area contributed by atoms with Gasteiger partial charge in [-0.2, -0.15) is 0 Å². The summed E-state index contributed by atoms with van der Waals surface area (Å²) in [4.78, 5) is 23.2. The van der Waals surface area contributed by atoms with E-state index < -0.39 is 11.6 Å². The standard InChI is InChI=1S/C12H13ClO3/c1-6(2)10(14)12(16)8-4-7(3)11(15)9(13)5-8/h4-6,15H,1-3H3. The number of phenolic OH excluding ortho intramolecular Hbond substituents is 1. The molecule has 0 aromatic heterocycles. The fourth-order valence-corrected chi connectivity index (χ4v) is 1.54. The molecule has 1 rings (SSSR count). The van der Waals surface area contributed by atoms with E-state index in [1.165, 1.54) is 12.1 Å². The number of Topliss-reactive ketones (excluding diaryl/α,β-unsaturated/α-hetero) is 2. The van der Waals surface area contributed by atoms with Gasteiger partial charge in [0.25, 0.3) is 0 Å². The minimum Gasteiger partial charge on any atom is -0.506 e. The lowest BCUT2D eigenvalue weighted by molar-refractivity contribution is -0.117. The SMILES string of the molecule is Cc1cc(C(=O)C(=O)C(C)C)cc(Cl)c1O. The maximum Gasteiger partial charge on any atom is 0.228 e. The zero-order chi connectivity index (χ0) is 12.5. The molecule has 1 aromatic carbocycles. The zero-order valence-corrected chi connectivity index (χ0v) is 10.1. The number of hydrogen-bond acceptors (Lipinski definition) is 3. The van der Waals surface area contributed by atoms with Gasteiger partial charge < -0.3 is 5.11 Å². The van der Waals surface area contributed by atoms with Crippen LogP contribution in [-0.2, 0) is 4.79 Å². The lowest BCUT2D eigenvalue weighted by Crippen LogP contribution is -2.19. The maximum atomic E-state index is 11.7. The third-order valence-electron chi connectivity index (χ3n) is 2.26. The molecule has 1 N–H and O–H groups in total. The van der Waals surface area contributed by atoms with E-state index in [1.54, 1.807) is 20.8 Å². The highest BCUT2D eigenvalue weighted by Gasteiger charge is 2.20. The van der Waals surface area contributed by atoms with Gasteiger partial charge in [0.15, 0.2) is 0 Å². The smallest absolute Gasteiger partial charge is 0.228 e. The fourth-order valence-electron chi connectivity index (χ4n) is 1.27. The Morgan fingerprint density at radius 1 is 1.31 bits per heavy atom. The number of hydrogen-bond donors (Lipinski definition) is 1. The minimum atomic E-state index is -0.569. The van der Waals surface area contributed by atoms with Crippen molar-refractivity contribution in [2.24, 2.45) is 5.92 Å². The second-order valence-electron chi connectivity index (χ2n) is 3.97. The van der Waals surface area contributed by atoms with Gasteiger partial charge in [0.2, 0.25) is 11.6 Å². The molecule has 0 amide bonds. The predicted molar refractivity (Wildman–Crippen MR) is 62.0 cm³/mol. The van der Waals surface area contributed by atoms with Crippen LogP contribution >= 0.6 is 11.6 Å². The molecule has 0 fully saturated rings. The molecule has 0 heterocycles. The quantitative estimate of drug-likeness (QED) is 0.653. The normalized spacial score (nSPS) is 10.6. The Morgan fingerprint density at radius 2 is 1.88 bits per heavy atom. The van der Waals surface area contributed by atoms with Crippen LogP contribution in [-0.4, -0.2) is 16.7 Å². The highest BCUT2D eigenvalue weighted by Crippen LogP contribution is 2.28. The summed E-state index contributed by atoms with van der Waals surface area (Å²) >= 11 is 5.73. The molecule has 0 unspecified atom stereocenters. The van der Waals surface area contributed by atoms with E-state index in [1.807, 2.05) is 0 Å². The Kier molecular flexibility index (Phi) is 3.70. The molecule has 16 heavy (non-hydrogen) atoms. The van der Waals surface area contributed by atoms with E-state index in [0.29, 0.717) is 5.56 Å². The van der Waals surface area contributed by atoms with E-state index in [4.69, 9.17) is 11.6 Å². The van der Waals surface area contributed by atoms with Crippen LogP contribution in [0.15, 0.2) is 12.1 Å². The zero-order valence-electron chi connectivity index (χ0n) is 9.37. The topological polar surface area (TPSA) is 54.4 Å². The van der Waals surface area contributed by atoms with Gasteiger partial charge in [-0.3, -0.25) is 9.59 Å². The first-order valence-corrected chi connectivity index (χ1v) is 5.30. The van der Waals surface area contributed by atoms with Gasteiger partial charge in [-0.25, -0.2) is 0 Å². The summed E-state index contributed by atoms with van der Waals surface area (Å²) in [6.45, 7) is 4.95. The molecule has 0 saturated carbocycles. The molecule has 0 bridgehead atoms. The number of carbonyl (C=O) groups excluding carboxylic acids is 2. The summed E-state index contributed by atoms with van der Waals surface area (Å²) in [5.41, 5.74) is 0.700. The molecule has 0 saturated heterocycles. The second-order valence-corrected chi connectivity index (χ2v) is 4.38. The summed E-state index contributed by atoms with van der Waals surface area (Å²) in [6.07, 6.45) is 0. The lowest BCUT2D eigenvalue weighted by Gasteiger charge is -2.06. The summed E-state index contributed by atoms with van der Waals surface area (Å²) in [5, 5.41) is 9.52. The van der Waals surface area contributed by atoms with Crippen molar-refractivity contribution in [3.8, 4) is 5.75 Å². The Morgan fingerprint density at radius 3 is 2.31 bits per heavy atom. The van der Waals surface area contributed by atoms with Crippen LogP contribution in [0, 0.1) is 12.8 Å². The van der Waals surface area contributed by atoms with Crippen molar-refractivity contribution in [3.63, 3.8) is 0 Å². The van der Waals surface area contributed by atoms with Gasteiger partial charge in [-0.1, -0.05) is 25.4 Å². The van der Waals surface area contributed by atoms with Crippen LogP contribution in [0.5, 0.6) is 5.75 Å². The van der Waals surface area contributed by atoms with E-state index in [-0.39, 0.29) is 22.3 Å². The highest BCUT2D eigenvalue weighted by molar-refractivity contribution is 6.44. The van der Waals surface area contributed by atoms with Gasteiger partial charge in [0.1, 0.15) is 5.75 Å². The first-order chi connectivity index (χ1) is 7.34. The molecule has 0 atom stereocenters. The van der Waals surface area contributed by atoms with Crippen molar-refractivity contribution in [1.29, 1.82) is 0 Å². The lowest BCUT2D eigenvalue weighted by atomic mass is 9.98. The predicted octanol–water partition coefficient (Wildman–Crippen LogP) is 2.76. The molecule has 0 spiro atoms. The number of aryl methyl sites for hydroxylation is 1. The van der Waals surface area contributed by atoms with Crippen LogP contribution in [0.4, 0.5) is 0 Å². The third-order valence-corrected chi connectivity index (χ3v) is 2.55. The molecule has 1 aromatic rings. The van der Waals surface area contributed by atoms with Gasteiger partial charge in [-0.05, 0) is 24.6 Å². The van der Waals surface area contributed by atoms with Crippen LogP contribution in [0.1, 0.15) is 29.8 Å². The molecule has 3 nitrogen and oxygen atoms in total. The summed E-state index contributed by atoms with van der Waals surface area (Å²) in [7, 11) is 0. The van der Waals surface area contributed by atoms with Gasteiger partial charge in [-0.15, -0.1) is 0 Å². The molecule has 0 radical (unpaired) electrons. The maximum absolute atomic E-state index is 11.7. The van der Waals surface area contributed by atoms with Gasteiger partial charge >= 0.3 is 0 Å². The van der Waals surface area contributed by atoms with Crippen molar-refractivity contribution in [1.82, 2.24) is 0 Å². The van der Waals surface area contributed by atoms with Crippen LogP contribution in [0.25, 0.3) is 0 Å². The first kappa shape index (κ1) is 12.7. The molecular weight excluding hydrogens is 228 g/mol. The first-order valence-electron chi connectivity index (χ1n) is 4.92. The van der Waals surface area contributed by atoms with Gasteiger partial charge in [0, 0.05) is 11.5 Å². The number of ketones is 2. The Balaban J connectivity index is 3.16.